The van der Waals surface area contributed by atoms with E-state index in [-0.39, 0.29) is 5.91 Å². The predicted octanol–water partition coefficient (Wildman–Crippen LogP) is 4.96. The third kappa shape index (κ3) is 8.19. The summed E-state index contributed by atoms with van der Waals surface area (Å²) in [6, 6.07) is 19.4. The number of anilines is 3. The molecule has 0 spiro atoms. The lowest BCUT2D eigenvalue weighted by Gasteiger charge is -2.34. The van der Waals surface area contributed by atoms with Gasteiger partial charge in [-0.3, -0.25) is 14.7 Å². The van der Waals surface area contributed by atoms with E-state index in [1.165, 1.54) is 24.9 Å². The van der Waals surface area contributed by atoms with Crippen LogP contribution in [0.25, 0.3) is 11.3 Å². The number of rotatable bonds is 12. The number of hydrogen-bond acceptors (Lipinski definition) is 8. The lowest BCUT2D eigenvalue weighted by Crippen LogP contribution is -2.46. The molecule has 9 heteroatoms. The summed E-state index contributed by atoms with van der Waals surface area (Å²) in [6.45, 7) is 9.59. The number of unbranched alkanes of at least 4 members (excludes halogenated alkanes) is 1. The van der Waals surface area contributed by atoms with Crippen LogP contribution in [-0.4, -0.2) is 77.0 Å². The number of benzene rings is 2. The molecular formula is C33H40N8O. The van der Waals surface area contributed by atoms with E-state index in [0.717, 1.165) is 61.8 Å². The first-order valence-corrected chi connectivity index (χ1v) is 14.7. The van der Waals surface area contributed by atoms with Gasteiger partial charge in [0.25, 0.3) is 5.91 Å². The lowest BCUT2D eigenvalue weighted by atomic mass is 10.1. The summed E-state index contributed by atoms with van der Waals surface area (Å²) in [5.41, 5.74) is 6.10. The zero-order chi connectivity index (χ0) is 29.1. The summed E-state index contributed by atoms with van der Waals surface area (Å²) in [7, 11) is 2.01. The van der Waals surface area contributed by atoms with E-state index in [1.54, 1.807) is 18.6 Å². The maximum absolute atomic E-state index is 13.1. The maximum atomic E-state index is 13.1. The van der Waals surface area contributed by atoms with Gasteiger partial charge in [0.15, 0.2) is 0 Å². The smallest absolute Gasteiger partial charge is 0.255 e. The first-order chi connectivity index (χ1) is 20.6. The third-order valence-electron chi connectivity index (χ3n) is 7.59. The molecule has 1 fully saturated rings. The number of carbonyl (C=O) groups excluding carboxylic acids is 1. The molecule has 0 bridgehead atoms. The van der Waals surface area contributed by atoms with Crippen LogP contribution in [0.4, 0.5) is 17.3 Å². The number of aryl methyl sites for hydroxylation is 1. The molecule has 218 valence electrons. The van der Waals surface area contributed by atoms with Crippen molar-refractivity contribution in [2.45, 2.75) is 26.3 Å². The minimum Gasteiger partial charge on any atom is -0.324 e. The maximum Gasteiger partial charge on any atom is 0.255 e. The molecule has 2 aromatic heterocycles. The molecule has 3 heterocycles. The molecule has 9 nitrogen and oxygen atoms in total. The second-order valence-electron chi connectivity index (χ2n) is 10.7. The summed E-state index contributed by atoms with van der Waals surface area (Å²) in [5.74, 6) is 0.336. The van der Waals surface area contributed by atoms with Crippen LogP contribution in [-0.2, 0) is 6.54 Å². The van der Waals surface area contributed by atoms with E-state index in [2.05, 4.69) is 52.8 Å². The van der Waals surface area contributed by atoms with Crippen molar-refractivity contribution in [3.05, 3.63) is 95.9 Å². The highest BCUT2D eigenvalue weighted by atomic mass is 16.1. The van der Waals surface area contributed by atoms with Gasteiger partial charge in [-0.25, -0.2) is 9.97 Å². The van der Waals surface area contributed by atoms with Gasteiger partial charge in [0.05, 0.1) is 5.69 Å². The Labute approximate surface area is 248 Å². The van der Waals surface area contributed by atoms with Crippen molar-refractivity contribution in [2.75, 3.05) is 56.9 Å². The molecule has 3 N–H and O–H groups in total. The minimum absolute atomic E-state index is 0.141. The van der Waals surface area contributed by atoms with Crippen LogP contribution < -0.4 is 16.0 Å². The van der Waals surface area contributed by atoms with Gasteiger partial charge in [0, 0.05) is 73.8 Å². The number of hydrogen-bond donors (Lipinski definition) is 3. The molecular weight excluding hydrogens is 524 g/mol. The molecule has 2 aromatic carbocycles. The molecule has 42 heavy (non-hydrogen) atoms. The van der Waals surface area contributed by atoms with E-state index in [0.29, 0.717) is 17.2 Å². The Balaban J connectivity index is 1.14. The highest BCUT2D eigenvalue weighted by molar-refractivity contribution is 6.04. The van der Waals surface area contributed by atoms with Crippen LogP contribution in [0.1, 0.15) is 34.3 Å². The monoisotopic (exact) mass is 564 g/mol. The van der Waals surface area contributed by atoms with Gasteiger partial charge in [0.2, 0.25) is 5.95 Å². The number of nitrogens with one attached hydrogen (secondary N) is 3. The summed E-state index contributed by atoms with van der Waals surface area (Å²) in [6.07, 6.45) is 7.71. The Hall–Kier alpha value is -4.18. The molecule has 0 radical (unpaired) electrons. The fourth-order valence-electron chi connectivity index (χ4n) is 5.08. The SMILES string of the molecule is CNCCCCN1CCN(Cc2ccc(C(=O)Nc3ccc(C)c(Nc4nccc(-c5cccnc5)n4)c3)cc2)CC1. The van der Waals surface area contributed by atoms with Crippen LogP contribution in [0, 0.1) is 6.92 Å². The van der Waals surface area contributed by atoms with Crippen molar-refractivity contribution in [1.82, 2.24) is 30.1 Å². The molecule has 0 unspecified atom stereocenters. The van der Waals surface area contributed by atoms with E-state index in [4.69, 9.17) is 0 Å². The lowest BCUT2D eigenvalue weighted by molar-refractivity contribution is 0.102. The van der Waals surface area contributed by atoms with Crippen LogP contribution in [0.5, 0.6) is 0 Å². The van der Waals surface area contributed by atoms with Crippen LogP contribution in [0.15, 0.2) is 79.3 Å². The second kappa shape index (κ2) is 14.6. The largest absolute Gasteiger partial charge is 0.324 e. The molecule has 0 aliphatic carbocycles. The molecule has 1 aliphatic heterocycles. The van der Waals surface area contributed by atoms with Crippen molar-refractivity contribution in [1.29, 1.82) is 0 Å². The number of pyridine rings is 1. The van der Waals surface area contributed by atoms with Gasteiger partial charge in [-0.1, -0.05) is 18.2 Å². The molecule has 1 aliphatic rings. The molecule has 0 saturated carbocycles. The van der Waals surface area contributed by atoms with E-state index >= 15 is 0 Å². The topological polar surface area (TPSA) is 98.3 Å². The zero-order valence-corrected chi connectivity index (χ0v) is 24.5. The molecule has 0 atom stereocenters. The summed E-state index contributed by atoms with van der Waals surface area (Å²) >= 11 is 0. The molecule has 1 saturated heterocycles. The molecule has 4 aromatic rings. The first-order valence-electron chi connectivity index (χ1n) is 14.7. The highest BCUT2D eigenvalue weighted by Crippen LogP contribution is 2.25. The van der Waals surface area contributed by atoms with Gasteiger partial charge in [-0.2, -0.15) is 0 Å². The minimum atomic E-state index is -0.141. The Morgan fingerprint density at radius 3 is 2.50 bits per heavy atom. The second-order valence-corrected chi connectivity index (χ2v) is 10.7. The van der Waals surface area contributed by atoms with Crippen LogP contribution in [0.2, 0.25) is 0 Å². The van der Waals surface area contributed by atoms with Gasteiger partial charge in [-0.15, -0.1) is 0 Å². The van der Waals surface area contributed by atoms with Crippen LogP contribution in [0.3, 0.4) is 0 Å². The Morgan fingerprint density at radius 1 is 0.929 bits per heavy atom. The van der Waals surface area contributed by atoms with E-state index in [9.17, 15) is 4.79 Å². The summed E-state index contributed by atoms with van der Waals surface area (Å²) in [5, 5.41) is 9.55. The predicted molar refractivity (Wildman–Crippen MR) is 169 cm³/mol. The summed E-state index contributed by atoms with van der Waals surface area (Å²) < 4.78 is 0. The quantitative estimate of drug-likeness (QED) is 0.208. The van der Waals surface area contributed by atoms with E-state index < -0.39 is 0 Å². The Morgan fingerprint density at radius 2 is 1.74 bits per heavy atom. The number of piperazine rings is 1. The van der Waals surface area contributed by atoms with Gasteiger partial charge >= 0.3 is 0 Å². The Bertz CT molecular complexity index is 1440. The third-order valence-corrected chi connectivity index (χ3v) is 7.59. The molecule has 5 rings (SSSR count). The number of nitrogens with zero attached hydrogens (tertiary/aromatic N) is 5. The average Bonchev–Trinajstić information content (AvgIpc) is 3.03. The first kappa shape index (κ1) is 29.3. The van der Waals surface area contributed by atoms with Crippen molar-refractivity contribution < 1.29 is 4.79 Å². The number of aromatic nitrogens is 3. The summed E-state index contributed by atoms with van der Waals surface area (Å²) in [4.78, 5) is 31.3. The van der Waals surface area contributed by atoms with Crippen molar-refractivity contribution >= 4 is 23.2 Å². The number of amides is 1. The van der Waals surface area contributed by atoms with E-state index in [1.807, 2.05) is 62.5 Å². The fraction of sp³-hybridized carbons (Fsp3) is 0.333. The van der Waals surface area contributed by atoms with Crippen LogP contribution >= 0.6 is 0 Å². The van der Waals surface area contributed by atoms with Crippen molar-refractivity contribution in [3.63, 3.8) is 0 Å². The standard InChI is InChI=1S/C33H40N8O/c1-25-7-12-29(22-31(25)39-33-36-16-13-30(38-33)28-6-5-15-35-23-28)37-32(42)27-10-8-26(9-11-27)24-41-20-18-40(19-21-41)17-4-3-14-34-2/h5-13,15-16,22-23,34H,3-4,14,17-21,24H2,1-2H3,(H,37,42)(H,36,38,39). The number of carbonyl (C=O) groups is 1. The zero-order valence-electron chi connectivity index (χ0n) is 24.5. The fourth-order valence-corrected chi connectivity index (χ4v) is 5.08. The van der Waals surface area contributed by atoms with Crippen molar-refractivity contribution in [3.8, 4) is 11.3 Å². The highest BCUT2D eigenvalue weighted by Gasteiger charge is 2.17. The van der Waals surface area contributed by atoms with Gasteiger partial charge in [-0.05, 0) is 93.5 Å². The van der Waals surface area contributed by atoms with Gasteiger partial charge in [0.1, 0.15) is 0 Å². The Kier molecular flexibility index (Phi) is 10.2. The van der Waals surface area contributed by atoms with Crippen molar-refractivity contribution in [2.24, 2.45) is 0 Å². The average molecular weight is 565 g/mol. The normalized spacial score (nSPS) is 14.0. The molecule has 1 amide bonds. The van der Waals surface area contributed by atoms with Gasteiger partial charge < -0.3 is 20.9 Å².